The highest BCUT2D eigenvalue weighted by Gasteiger charge is 2.16. The summed E-state index contributed by atoms with van der Waals surface area (Å²) < 4.78 is 5.52. The second-order valence-electron chi connectivity index (χ2n) is 4.33. The number of nitrogens with two attached hydrogens (primary N) is 1. The quantitative estimate of drug-likeness (QED) is 0.681. The van der Waals surface area contributed by atoms with Gasteiger partial charge in [0.05, 0.1) is 4.92 Å². The van der Waals surface area contributed by atoms with E-state index in [1.54, 1.807) is 12.1 Å². The molecule has 0 aromatic heterocycles. The molecule has 0 unspecified atom stereocenters. The minimum absolute atomic E-state index is 0.0791. The molecule has 104 valence electrons. The van der Waals surface area contributed by atoms with Gasteiger partial charge in [-0.3, -0.25) is 10.1 Å². The molecule has 5 nitrogen and oxygen atoms in total. The van der Waals surface area contributed by atoms with E-state index >= 15 is 0 Å². The van der Waals surface area contributed by atoms with Gasteiger partial charge in [-0.1, -0.05) is 23.7 Å². The molecule has 0 spiro atoms. The zero-order chi connectivity index (χ0) is 14.7. The van der Waals surface area contributed by atoms with E-state index in [0.29, 0.717) is 10.8 Å². The summed E-state index contributed by atoms with van der Waals surface area (Å²) in [4.78, 5) is 10.4. The molecule has 0 bridgehead atoms. The molecule has 2 N–H and O–H groups in total. The van der Waals surface area contributed by atoms with Crippen LogP contribution in [-0.4, -0.2) is 4.92 Å². The molecule has 0 radical (unpaired) electrons. The number of benzene rings is 2. The van der Waals surface area contributed by atoms with Crippen LogP contribution >= 0.6 is 11.6 Å². The van der Waals surface area contributed by atoms with E-state index in [1.807, 2.05) is 19.1 Å². The van der Waals surface area contributed by atoms with Crippen molar-refractivity contribution in [2.45, 2.75) is 13.0 Å². The standard InChI is InChI=1S/C14H13ClN2O3/c1-9(16)10-2-5-12(6-3-10)20-14-8-11(15)4-7-13(14)17(18)19/h2-9H,16H2,1H3/t9-/m1/s1. The van der Waals surface area contributed by atoms with Gasteiger partial charge >= 0.3 is 5.69 Å². The number of hydrogen-bond donors (Lipinski definition) is 1. The minimum atomic E-state index is -0.512. The summed E-state index contributed by atoms with van der Waals surface area (Å²) in [5, 5.41) is 11.3. The molecule has 2 aromatic carbocycles. The molecular weight excluding hydrogens is 280 g/mol. The van der Waals surface area contributed by atoms with E-state index in [9.17, 15) is 10.1 Å². The summed E-state index contributed by atoms with van der Waals surface area (Å²) >= 11 is 5.84. The molecule has 0 aliphatic rings. The molecule has 0 aliphatic carbocycles. The number of nitrogens with zero attached hydrogens (tertiary/aromatic N) is 1. The Morgan fingerprint density at radius 2 is 1.90 bits per heavy atom. The van der Waals surface area contributed by atoms with E-state index < -0.39 is 4.92 Å². The smallest absolute Gasteiger partial charge is 0.311 e. The third-order valence-corrected chi connectivity index (χ3v) is 2.99. The van der Waals surface area contributed by atoms with Crippen LogP contribution in [0.15, 0.2) is 42.5 Å². The Morgan fingerprint density at radius 1 is 1.25 bits per heavy atom. The minimum Gasteiger partial charge on any atom is -0.450 e. The number of halogens is 1. The van der Waals surface area contributed by atoms with Gasteiger partial charge in [-0.05, 0) is 30.7 Å². The van der Waals surface area contributed by atoms with Crippen molar-refractivity contribution in [2.24, 2.45) is 5.73 Å². The van der Waals surface area contributed by atoms with Crippen LogP contribution in [0.1, 0.15) is 18.5 Å². The molecule has 0 aliphatic heterocycles. The zero-order valence-corrected chi connectivity index (χ0v) is 11.5. The van der Waals surface area contributed by atoms with Crippen molar-refractivity contribution in [3.63, 3.8) is 0 Å². The lowest BCUT2D eigenvalue weighted by molar-refractivity contribution is -0.385. The van der Waals surface area contributed by atoms with Crippen molar-refractivity contribution in [3.05, 3.63) is 63.2 Å². The summed E-state index contributed by atoms with van der Waals surface area (Å²) in [7, 11) is 0. The lowest BCUT2D eigenvalue weighted by Gasteiger charge is -2.09. The molecule has 2 aromatic rings. The number of hydrogen-bond acceptors (Lipinski definition) is 4. The van der Waals surface area contributed by atoms with Crippen LogP contribution < -0.4 is 10.5 Å². The van der Waals surface area contributed by atoms with Gasteiger partial charge in [0.1, 0.15) is 5.75 Å². The molecule has 1 atom stereocenters. The van der Waals surface area contributed by atoms with Crippen molar-refractivity contribution in [1.82, 2.24) is 0 Å². The third-order valence-electron chi connectivity index (χ3n) is 2.75. The van der Waals surface area contributed by atoms with Gasteiger partial charge in [-0.25, -0.2) is 0 Å². The van der Waals surface area contributed by atoms with E-state index in [4.69, 9.17) is 22.1 Å². The lowest BCUT2D eigenvalue weighted by Crippen LogP contribution is -2.04. The predicted molar refractivity (Wildman–Crippen MR) is 77.2 cm³/mol. The van der Waals surface area contributed by atoms with E-state index in [-0.39, 0.29) is 17.5 Å². The first kappa shape index (κ1) is 14.3. The second-order valence-corrected chi connectivity index (χ2v) is 4.77. The molecule has 2 rings (SSSR count). The second kappa shape index (κ2) is 5.90. The van der Waals surface area contributed by atoms with Crippen molar-refractivity contribution in [1.29, 1.82) is 0 Å². The number of rotatable bonds is 4. The molecule has 0 saturated carbocycles. The van der Waals surface area contributed by atoms with Crippen molar-refractivity contribution in [3.8, 4) is 11.5 Å². The highest BCUT2D eigenvalue weighted by Crippen LogP contribution is 2.33. The lowest BCUT2D eigenvalue weighted by atomic mass is 10.1. The fourth-order valence-electron chi connectivity index (χ4n) is 1.69. The van der Waals surface area contributed by atoms with E-state index in [2.05, 4.69) is 0 Å². The molecule has 6 heteroatoms. The van der Waals surface area contributed by atoms with Gasteiger partial charge in [-0.15, -0.1) is 0 Å². The maximum Gasteiger partial charge on any atom is 0.311 e. The van der Waals surface area contributed by atoms with Gasteiger partial charge in [-0.2, -0.15) is 0 Å². The largest absolute Gasteiger partial charge is 0.450 e. The van der Waals surface area contributed by atoms with Crippen LogP contribution in [0.5, 0.6) is 11.5 Å². The van der Waals surface area contributed by atoms with E-state index in [1.165, 1.54) is 18.2 Å². The van der Waals surface area contributed by atoms with Gasteiger partial charge in [0.15, 0.2) is 0 Å². The van der Waals surface area contributed by atoms with E-state index in [0.717, 1.165) is 5.56 Å². The Labute approximate surface area is 121 Å². The van der Waals surface area contributed by atoms with Crippen LogP contribution in [0.25, 0.3) is 0 Å². The first-order valence-corrected chi connectivity index (χ1v) is 6.32. The molecule has 0 saturated heterocycles. The Morgan fingerprint density at radius 3 is 2.45 bits per heavy atom. The molecular formula is C14H13ClN2O3. The average molecular weight is 293 g/mol. The molecule has 0 heterocycles. The van der Waals surface area contributed by atoms with Gasteiger partial charge in [0.2, 0.25) is 5.75 Å². The first-order chi connectivity index (χ1) is 9.47. The topological polar surface area (TPSA) is 78.4 Å². The van der Waals surface area contributed by atoms with Crippen LogP contribution in [0.4, 0.5) is 5.69 Å². The van der Waals surface area contributed by atoms with Crippen LogP contribution in [0.2, 0.25) is 5.02 Å². The van der Waals surface area contributed by atoms with Gasteiger partial charge in [0, 0.05) is 23.2 Å². The van der Waals surface area contributed by atoms with Gasteiger partial charge < -0.3 is 10.5 Å². The average Bonchev–Trinajstić information content (AvgIpc) is 2.39. The SMILES string of the molecule is C[C@@H](N)c1ccc(Oc2cc(Cl)ccc2[N+](=O)[O-])cc1. The fraction of sp³-hybridized carbons (Fsp3) is 0.143. The fourth-order valence-corrected chi connectivity index (χ4v) is 1.85. The Balaban J connectivity index is 2.29. The first-order valence-electron chi connectivity index (χ1n) is 5.94. The predicted octanol–water partition coefficient (Wildman–Crippen LogP) is 4.06. The summed E-state index contributed by atoms with van der Waals surface area (Å²) in [5.74, 6) is 0.593. The number of nitro groups is 1. The highest BCUT2D eigenvalue weighted by atomic mass is 35.5. The van der Waals surface area contributed by atoms with Crippen LogP contribution in [0, 0.1) is 10.1 Å². The Kier molecular flexibility index (Phi) is 4.22. The van der Waals surface area contributed by atoms with Crippen molar-refractivity contribution >= 4 is 17.3 Å². The zero-order valence-electron chi connectivity index (χ0n) is 10.7. The van der Waals surface area contributed by atoms with Crippen molar-refractivity contribution < 1.29 is 9.66 Å². The van der Waals surface area contributed by atoms with Crippen LogP contribution in [-0.2, 0) is 0 Å². The summed E-state index contributed by atoms with van der Waals surface area (Å²) in [6.07, 6.45) is 0. The summed E-state index contributed by atoms with van der Waals surface area (Å²) in [6, 6.07) is 11.2. The Bertz CT molecular complexity index is 627. The monoisotopic (exact) mass is 292 g/mol. The molecule has 0 fully saturated rings. The summed E-state index contributed by atoms with van der Waals surface area (Å²) in [5.41, 5.74) is 6.58. The normalized spacial score (nSPS) is 11.9. The number of ether oxygens (including phenoxy) is 1. The van der Waals surface area contributed by atoms with Crippen LogP contribution in [0.3, 0.4) is 0 Å². The number of nitro benzene ring substituents is 1. The molecule has 20 heavy (non-hydrogen) atoms. The summed E-state index contributed by atoms with van der Waals surface area (Å²) in [6.45, 7) is 1.87. The highest BCUT2D eigenvalue weighted by molar-refractivity contribution is 6.30. The van der Waals surface area contributed by atoms with Crippen molar-refractivity contribution in [2.75, 3.05) is 0 Å². The third kappa shape index (κ3) is 3.26. The van der Waals surface area contributed by atoms with Gasteiger partial charge in [0.25, 0.3) is 0 Å². The maximum absolute atomic E-state index is 10.9. The Hall–Kier alpha value is -2.11. The maximum atomic E-state index is 10.9. The molecule has 0 amide bonds.